The van der Waals surface area contributed by atoms with Crippen LogP contribution >= 0.6 is 58.2 Å². The second-order valence-electron chi connectivity index (χ2n) is 5.23. The van der Waals surface area contributed by atoms with Crippen LogP contribution in [0.15, 0.2) is 54.0 Å². The molecule has 0 N–H and O–H groups in total. The van der Waals surface area contributed by atoms with Gasteiger partial charge in [-0.1, -0.05) is 52.5 Å². The summed E-state index contributed by atoms with van der Waals surface area (Å²) in [5, 5.41) is 7.07. The second-order valence-corrected chi connectivity index (χ2v) is 7.94. The van der Waals surface area contributed by atoms with Crippen LogP contribution in [0.1, 0.15) is 5.56 Å². The fourth-order valence-electron chi connectivity index (χ4n) is 2.07. The molecule has 3 aromatic rings. The van der Waals surface area contributed by atoms with E-state index in [1.54, 1.807) is 47.0 Å². The van der Waals surface area contributed by atoms with Gasteiger partial charge in [-0.05, 0) is 35.9 Å². The van der Waals surface area contributed by atoms with Crippen LogP contribution in [0, 0.1) is 0 Å². The van der Waals surface area contributed by atoms with Gasteiger partial charge in [0.05, 0.1) is 32.3 Å². The summed E-state index contributed by atoms with van der Waals surface area (Å²) in [5.41, 5.74) is 1.69. The summed E-state index contributed by atoms with van der Waals surface area (Å²) >= 11 is 25.8. The van der Waals surface area contributed by atoms with Gasteiger partial charge in [0.1, 0.15) is 12.7 Å². The van der Waals surface area contributed by atoms with Crippen LogP contribution in [0.25, 0.3) is 0 Å². The predicted molar refractivity (Wildman–Crippen MR) is 111 cm³/mol. The largest absolute Gasteiger partial charge is 0.246 e. The second kappa shape index (κ2) is 9.11. The van der Waals surface area contributed by atoms with Gasteiger partial charge in [0.2, 0.25) is 0 Å². The Morgan fingerprint density at radius 1 is 1.00 bits per heavy atom. The third kappa shape index (κ3) is 5.38. The summed E-state index contributed by atoms with van der Waals surface area (Å²) in [7, 11) is 0. The molecule has 2 aromatic carbocycles. The van der Waals surface area contributed by atoms with Gasteiger partial charge in [-0.3, -0.25) is 0 Å². The van der Waals surface area contributed by atoms with E-state index in [0.29, 0.717) is 38.1 Å². The maximum atomic E-state index is 6.24. The van der Waals surface area contributed by atoms with Crippen LogP contribution < -0.4 is 0 Å². The Labute approximate surface area is 175 Å². The third-order valence-corrected chi connectivity index (χ3v) is 5.62. The number of benzene rings is 2. The van der Waals surface area contributed by atoms with Gasteiger partial charge in [0.15, 0.2) is 0 Å². The molecular weight excluding hydrogens is 434 g/mol. The van der Waals surface area contributed by atoms with E-state index < -0.39 is 0 Å². The Morgan fingerprint density at radius 2 is 1.85 bits per heavy atom. The van der Waals surface area contributed by atoms with Crippen LogP contribution in [0.5, 0.6) is 0 Å². The zero-order chi connectivity index (χ0) is 18.5. The van der Waals surface area contributed by atoms with E-state index >= 15 is 0 Å². The fourth-order valence-corrected chi connectivity index (χ4v) is 3.74. The molecule has 0 unspecified atom stereocenters. The molecule has 0 saturated carbocycles. The molecule has 26 heavy (non-hydrogen) atoms. The first-order valence-electron chi connectivity index (χ1n) is 7.43. The Morgan fingerprint density at radius 3 is 2.54 bits per heavy atom. The van der Waals surface area contributed by atoms with Crippen molar-refractivity contribution in [3.63, 3.8) is 0 Å². The van der Waals surface area contributed by atoms with Crippen molar-refractivity contribution in [3.05, 3.63) is 74.7 Å². The SMILES string of the molecule is Clc1ccc(/N=C(\Cn2cncn2)SCc2ccc(Cl)c(Cl)c2)c(Cl)c1. The highest BCUT2D eigenvalue weighted by molar-refractivity contribution is 8.13. The lowest BCUT2D eigenvalue weighted by Crippen LogP contribution is -2.08. The van der Waals surface area contributed by atoms with Crippen molar-refractivity contribution in [1.29, 1.82) is 0 Å². The average Bonchev–Trinajstić information content (AvgIpc) is 3.11. The van der Waals surface area contributed by atoms with Gasteiger partial charge >= 0.3 is 0 Å². The van der Waals surface area contributed by atoms with E-state index in [9.17, 15) is 0 Å². The van der Waals surface area contributed by atoms with E-state index in [-0.39, 0.29) is 0 Å². The molecule has 0 saturated heterocycles. The molecule has 0 bridgehead atoms. The molecule has 0 spiro atoms. The van der Waals surface area contributed by atoms with Gasteiger partial charge in [0.25, 0.3) is 0 Å². The lowest BCUT2D eigenvalue weighted by Gasteiger charge is -2.08. The molecule has 9 heteroatoms. The van der Waals surface area contributed by atoms with E-state index in [2.05, 4.69) is 15.1 Å². The van der Waals surface area contributed by atoms with Crippen LogP contribution in [0.4, 0.5) is 5.69 Å². The maximum absolute atomic E-state index is 6.24. The molecule has 0 aliphatic heterocycles. The number of hydrogen-bond donors (Lipinski definition) is 0. The topological polar surface area (TPSA) is 43.1 Å². The highest BCUT2D eigenvalue weighted by Gasteiger charge is 2.08. The first-order chi connectivity index (χ1) is 12.5. The monoisotopic (exact) mass is 444 g/mol. The van der Waals surface area contributed by atoms with E-state index in [4.69, 9.17) is 46.4 Å². The number of thioether (sulfide) groups is 1. The molecule has 0 radical (unpaired) electrons. The van der Waals surface area contributed by atoms with Crippen molar-refractivity contribution in [2.75, 3.05) is 0 Å². The lowest BCUT2D eigenvalue weighted by atomic mass is 10.2. The summed E-state index contributed by atoms with van der Waals surface area (Å²) in [6.45, 7) is 0.477. The summed E-state index contributed by atoms with van der Waals surface area (Å²) in [6.07, 6.45) is 3.12. The van der Waals surface area contributed by atoms with Gasteiger partial charge in [-0.25, -0.2) is 14.7 Å². The number of aliphatic imine (C=N–C) groups is 1. The molecule has 3 rings (SSSR count). The Balaban J connectivity index is 1.82. The molecule has 1 aromatic heterocycles. The molecule has 0 atom stereocenters. The van der Waals surface area contributed by atoms with Crippen molar-refractivity contribution in [2.24, 2.45) is 4.99 Å². The minimum absolute atomic E-state index is 0.477. The summed E-state index contributed by atoms with van der Waals surface area (Å²) in [5.74, 6) is 0.676. The number of halogens is 4. The molecule has 134 valence electrons. The van der Waals surface area contributed by atoms with Crippen molar-refractivity contribution < 1.29 is 0 Å². The highest BCUT2D eigenvalue weighted by atomic mass is 35.5. The summed E-state index contributed by atoms with van der Waals surface area (Å²) < 4.78 is 1.70. The minimum Gasteiger partial charge on any atom is -0.246 e. The number of hydrogen-bond acceptors (Lipinski definition) is 4. The van der Waals surface area contributed by atoms with E-state index in [1.165, 1.54) is 6.33 Å². The highest BCUT2D eigenvalue weighted by Crippen LogP contribution is 2.30. The Hall–Kier alpha value is -1.24. The molecule has 0 aliphatic rings. The molecule has 1 heterocycles. The molecule has 0 fully saturated rings. The zero-order valence-electron chi connectivity index (χ0n) is 13.2. The van der Waals surface area contributed by atoms with Crippen molar-refractivity contribution >= 4 is 68.9 Å². The first kappa shape index (κ1) is 19.5. The molecule has 0 amide bonds. The molecule has 0 aliphatic carbocycles. The predicted octanol–water partition coefficient (Wildman–Crippen LogP) is 6.56. The van der Waals surface area contributed by atoms with Gasteiger partial charge in [-0.15, -0.1) is 11.8 Å². The smallest absolute Gasteiger partial charge is 0.137 e. The van der Waals surface area contributed by atoms with E-state index in [0.717, 1.165) is 10.6 Å². The van der Waals surface area contributed by atoms with Crippen LogP contribution in [-0.2, 0) is 12.3 Å². The van der Waals surface area contributed by atoms with Crippen molar-refractivity contribution in [3.8, 4) is 0 Å². The minimum atomic E-state index is 0.477. The number of aromatic nitrogens is 3. The van der Waals surface area contributed by atoms with Crippen molar-refractivity contribution in [1.82, 2.24) is 14.8 Å². The van der Waals surface area contributed by atoms with Crippen LogP contribution in [-0.4, -0.2) is 19.8 Å². The van der Waals surface area contributed by atoms with Crippen LogP contribution in [0.3, 0.4) is 0 Å². The fraction of sp³-hybridized carbons (Fsp3) is 0.118. The van der Waals surface area contributed by atoms with Gasteiger partial charge in [0, 0.05) is 10.8 Å². The van der Waals surface area contributed by atoms with Crippen molar-refractivity contribution in [2.45, 2.75) is 12.3 Å². The summed E-state index contributed by atoms with van der Waals surface area (Å²) in [4.78, 5) is 8.63. The maximum Gasteiger partial charge on any atom is 0.137 e. The molecular formula is C17H12Cl4N4S. The van der Waals surface area contributed by atoms with Gasteiger partial charge in [-0.2, -0.15) is 5.10 Å². The molecule has 4 nitrogen and oxygen atoms in total. The quantitative estimate of drug-likeness (QED) is 0.330. The number of nitrogens with zero attached hydrogens (tertiary/aromatic N) is 4. The van der Waals surface area contributed by atoms with E-state index in [1.807, 2.05) is 12.1 Å². The normalized spacial score (nSPS) is 11.8. The standard InChI is InChI=1S/C17H12Cl4N4S/c18-12-2-4-16(15(21)6-12)24-17(7-25-10-22-9-23-25)26-8-11-1-3-13(19)14(20)5-11/h1-6,9-10H,7-8H2/b24-17+. The lowest BCUT2D eigenvalue weighted by molar-refractivity contribution is 0.727. The number of rotatable bonds is 5. The third-order valence-electron chi connectivity index (χ3n) is 3.31. The van der Waals surface area contributed by atoms with Gasteiger partial charge < -0.3 is 0 Å². The average molecular weight is 446 g/mol. The van der Waals surface area contributed by atoms with Crippen LogP contribution in [0.2, 0.25) is 20.1 Å². The summed E-state index contributed by atoms with van der Waals surface area (Å²) in [6, 6.07) is 10.8. The zero-order valence-corrected chi connectivity index (χ0v) is 17.1. The first-order valence-corrected chi connectivity index (χ1v) is 9.93. The Bertz CT molecular complexity index is 929. The Kier molecular flexibility index (Phi) is 6.84.